The topological polar surface area (TPSA) is 72.6 Å². The first-order valence-corrected chi connectivity index (χ1v) is 8.98. The Morgan fingerprint density at radius 2 is 1.95 bits per heavy atom. The van der Waals surface area contributed by atoms with Gasteiger partial charge in [0.2, 0.25) is 10.0 Å². The summed E-state index contributed by atoms with van der Waals surface area (Å²) in [6.45, 7) is 3.59. The molecule has 126 valence electrons. The van der Waals surface area contributed by atoms with E-state index in [0.717, 1.165) is 25.7 Å². The van der Waals surface area contributed by atoms with Crippen LogP contribution in [0, 0.1) is 0 Å². The second-order valence-corrected chi connectivity index (χ2v) is 7.21. The van der Waals surface area contributed by atoms with Gasteiger partial charge >= 0.3 is 0 Å². The van der Waals surface area contributed by atoms with Crippen molar-refractivity contribution in [3.63, 3.8) is 0 Å². The molecular weight excluding hydrogens is 324 g/mol. The summed E-state index contributed by atoms with van der Waals surface area (Å²) in [6.07, 6.45) is 3.70. The zero-order valence-corrected chi connectivity index (χ0v) is 14.5. The molecule has 2 rings (SSSR count). The van der Waals surface area contributed by atoms with Gasteiger partial charge in [0.25, 0.3) is 0 Å². The van der Waals surface area contributed by atoms with Crippen LogP contribution in [0.25, 0.3) is 0 Å². The Morgan fingerprint density at radius 3 is 2.55 bits per heavy atom. The fraction of sp³-hybridized carbons (Fsp3) is 0.600. The second-order valence-electron chi connectivity index (χ2n) is 5.32. The number of sulfonamides is 1. The number of hydrogen-bond donors (Lipinski definition) is 1. The van der Waals surface area contributed by atoms with Crippen LogP contribution in [-0.4, -0.2) is 38.5 Å². The fourth-order valence-corrected chi connectivity index (χ4v) is 4.29. The van der Waals surface area contributed by atoms with Crippen LogP contribution in [0.3, 0.4) is 0 Å². The molecule has 0 radical (unpaired) electrons. The minimum Gasteiger partial charge on any atom is -0.494 e. The summed E-state index contributed by atoms with van der Waals surface area (Å²) in [7, 11) is -3.46. The molecule has 1 atom stereocenters. The Balaban J connectivity index is 0.00000242. The lowest BCUT2D eigenvalue weighted by Gasteiger charge is -2.33. The predicted molar refractivity (Wildman–Crippen MR) is 90.1 cm³/mol. The van der Waals surface area contributed by atoms with Crippen LogP contribution in [0.2, 0.25) is 0 Å². The number of nitrogens with zero attached hydrogens (tertiary/aromatic N) is 1. The summed E-state index contributed by atoms with van der Waals surface area (Å²) in [5.74, 6) is 0.699. The molecule has 22 heavy (non-hydrogen) atoms. The molecule has 0 amide bonds. The van der Waals surface area contributed by atoms with Crippen LogP contribution < -0.4 is 10.5 Å². The number of rotatable bonds is 6. The zero-order valence-electron chi connectivity index (χ0n) is 12.9. The summed E-state index contributed by atoms with van der Waals surface area (Å²) in [5, 5.41) is 0. The van der Waals surface area contributed by atoms with Crippen LogP contribution in [0.15, 0.2) is 29.2 Å². The van der Waals surface area contributed by atoms with E-state index in [-0.39, 0.29) is 18.4 Å². The van der Waals surface area contributed by atoms with E-state index in [9.17, 15) is 8.42 Å². The quantitative estimate of drug-likeness (QED) is 0.856. The molecule has 0 aliphatic carbocycles. The lowest BCUT2D eigenvalue weighted by molar-refractivity contribution is 0.257. The van der Waals surface area contributed by atoms with Crippen molar-refractivity contribution in [3.8, 4) is 5.75 Å². The van der Waals surface area contributed by atoms with Gasteiger partial charge in [0.1, 0.15) is 5.75 Å². The molecule has 1 saturated heterocycles. The van der Waals surface area contributed by atoms with E-state index in [4.69, 9.17) is 10.5 Å². The lowest BCUT2D eigenvalue weighted by atomic mass is 10.1. The molecule has 0 saturated carbocycles. The van der Waals surface area contributed by atoms with Gasteiger partial charge in [-0.25, -0.2) is 8.42 Å². The number of halogens is 1. The Bertz CT molecular complexity index is 548. The highest BCUT2D eigenvalue weighted by Crippen LogP contribution is 2.26. The van der Waals surface area contributed by atoms with Crippen LogP contribution in [0.4, 0.5) is 0 Å². The van der Waals surface area contributed by atoms with E-state index in [1.165, 1.54) is 0 Å². The average molecular weight is 349 g/mol. The first-order valence-electron chi connectivity index (χ1n) is 7.54. The van der Waals surface area contributed by atoms with Crippen molar-refractivity contribution in [1.82, 2.24) is 4.31 Å². The van der Waals surface area contributed by atoms with Gasteiger partial charge in [0.15, 0.2) is 0 Å². The monoisotopic (exact) mass is 348 g/mol. The number of hydrogen-bond acceptors (Lipinski definition) is 4. The minimum atomic E-state index is -3.46. The van der Waals surface area contributed by atoms with E-state index in [1.807, 2.05) is 6.92 Å². The van der Waals surface area contributed by atoms with Crippen LogP contribution in [0.1, 0.15) is 32.6 Å². The molecule has 0 spiro atoms. The molecule has 1 aromatic rings. The normalized spacial score (nSPS) is 19.5. The summed E-state index contributed by atoms with van der Waals surface area (Å²) in [6, 6.07) is 6.57. The van der Waals surface area contributed by atoms with Crippen molar-refractivity contribution in [2.45, 2.75) is 43.5 Å². The molecule has 1 fully saturated rings. The maximum atomic E-state index is 12.7. The molecule has 1 aliphatic rings. The standard InChI is InChI=1S/C15H24N2O3S.ClH/c1-2-11-20-14-6-8-15(9-7-14)21(18,19)17-10-4-3-5-13(17)12-16;/h6-9,13H,2-5,10-12,16H2,1H3;1H. The van der Waals surface area contributed by atoms with Crippen LogP contribution in [0.5, 0.6) is 5.75 Å². The van der Waals surface area contributed by atoms with Gasteiger partial charge in [0, 0.05) is 19.1 Å². The molecule has 5 nitrogen and oxygen atoms in total. The fourth-order valence-electron chi connectivity index (χ4n) is 2.59. The molecule has 0 bridgehead atoms. The van der Waals surface area contributed by atoms with Crippen molar-refractivity contribution < 1.29 is 13.2 Å². The summed E-state index contributed by atoms with van der Waals surface area (Å²) in [5.41, 5.74) is 5.72. The van der Waals surface area contributed by atoms with Gasteiger partial charge in [-0.3, -0.25) is 0 Å². The van der Waals surface area contributed by atoms with Crippen LogP contribution in [-0.2, 0) is 10.0 Å². The number of benzene rings is 1. The number of nitrogens with two attached hydrogens (primary N) is 1. The van der Waals surface area contributed by atoms with Gasteiger partial charge in [-0.15, -0.1) is 12.4 Å². The first-order chi connectivity index (χ1) is 10.1. The van der Waals surface area contributed by atoms with Gasteiger partial charge in [0.05, 0.1) is 11.5 Å². The number of ether oxygens (including phenoxy) is 1. The van der Waals surface area contributed by atoms with E-state index < -0.39 is 10.0 Å². The number of piperidine rings is 1. The average Bonchev–Trinajstić information content (AvgIpc) is 2.53. The Hall–Kier alpha value is -0.820. The van der Waals surface area contributed by atoms with Gasteiger partial charge in [-0.1, -0.05) is 13.3 Å². The molecule has 2 N–H and O–H groups in total. The Kier molecular flexibility index (Phi) is 7.62. The summed E-state index contributed by atoms with van der Waals surface area (Å²) < 4.78 is 32.5. The van der Waals surface area contributed by atoms with Gasteiger partial charge < -0.3 is 10.5 Å². The molecule has 1 heterocycles. The lowest BCUT2D eigenvalue weighted by Crippen LogP contribution is -2.47. The molecule has 0 aromatic heterocycles. The van der Waals surface area contributed by atoms with E-state index in [1.54, 1.807) is 28.6 Å². The summed E-state index contributed by atoms with van der Waals surface area (Å²) in [4.78, 5) is 0.312. The van der Waals surface area contributed by atoms with Crippen molar-refractivity contribution in [2.24, 2.45) is 5.73 Å². The predicted octanol–water partition coefficient (Wildman–Crippen LogP) is 2.40. The van der Waals surface area contributed by atoms with E-state index >= 15 is 0 Å². The molecule has 7 heteroatoms. The third-order valence-electron chi connectivity index (χ3n) is 3.75. The molecule has 1 aromatic carbocycles. The Morgan fingerprint density at radius 1 is 1.27 bits per heavy atom. The molecule has 1 unspecified atom stereocenters. The van der Waals surface area contributed by atoms with Gasteiger partial charge in [-0.05, 0) is 43.5 Å². The molecular formula is C15H25ClN2O3S. The van der Waals surface area contributed by atoms with E-state index in [0.29, 0.717) is 30.3 Å². The van der Waals surface area contributed by atoms with Crippen molar-refractivity contribution in [2.75, 3.05) is 19.7 Å². The zero-order chi connectivity index (χ0) is 15.3. The highest BCUT2D eigenvalue weighted by Gasteiger charge is 2.32. The van der Waals surface area contributed by atoms with Crippen molar-refractivity contribution in [3.05, 3.63) is 24.3 Å². The largest absolute Gasteiger partial charge is 0.494 e. The minimum absolute atomic E-state index is 0. The third-order valence-corrected chi connectivity index (χ3v) is 5.71. The van der Waals surface area contributed by atoms with E-state index in [2.05, 4.69) is 0 Å². The Labute approximate surface area is 139 Å². The smallest absolute Gasteiger partial charge is 0.243 e. The summed E-state index contributed by atoms with van der Waals surface area (Å²) >= 11 is 0. The SMILES string of the molecule is CCCOc1ccc(S(=O)(=O)N2CCCCC2CN)cc1.Cl. The second kappa shape index (κ2) is 8.72. The van der Waals surface area contributed by atoms with Gasteiger partial charge in [-0.2, -0.15) is 4.31 Å². The highest BCUT2D eigenvalue weighted by atomic mass is 35.5. The maximum Gasteiger partial charge on any atom is 0.243 e. The first kappa shape index (κ1) is 19.2. The maximum absolute atomic E-state index is 12.7. The van der Waals surface area contributed by atoms with Crippen LogP contribution >= 0.6 is 12.4 Å². The molecule has 1 aliphatic heterocycles. The third kappa shape index (κ3) is 4.35. The highest BCUT2D eigenvalue weighted by molar-refractivity contribution is 7.89. The van der Waals surface area contributed by atoms with Crippen molar-refractivity contribution in [1.29, 1.82) is 0 Å². The van der Waals surface area contributed by atoms with Crippen molar-refractivity contribution >= 4 is 22.4 Å².